The molecule has 0 unspecified atom stereocenters. The zero-order chi connectivity index (χ0) is 13.9. The first-order valence-corrected chi connectivity index (χ1v) is 6.78. The summed E-state index contributed by atoms with van der Waals surface area (Å²) in [6.07, 6.45) is 3.07. The van der Waals surface area contributed by atoms with E-state index in [4.69, 9.17) is 0 Å². The number of fused-ring (bicyclic) bond motifs is 1. The van der Waals surface area contributed by atoms with Gasteiger partial charge >= 0.3 is 0 Å². The highest BCUT2D eigenvalue weighted by Gasteiger charge is 2.05. The SMILES string of the molecule is CNCCc1c[nH]c2cc(-c3ccc(F)cc3)ccc12. The molecule has 3 aromatic rings. The molecule has 0 radical (unpaired) electrons. The van der Waals surface area contributed by atoms with Crippen molar-refractivity contribution in [3.05, 3.63) is 60.0 Å². The van der Waals surface area contributed by atoms with Crippen molar-refractivity contribution in [2.75, 3.05) is 13.6 Å². The number of likely N-dealkylation sites (N-methyl/N-ethyl adjacent to an activating group) is 1. The maximum atomic E-state index is 13.0. The van der Waals surface area contributed by atoms with Gasteiger partial charge in [-0.1, -0.05) is 24.3 Å². The molecule has 3 heteroatoms. The first-order valence-electron chi connectivity index (χ1n) is 6.78. The second kappa shape index (κ2) is 5.47. The van der Waals surface area contributed by atoms with E-state index in [9.17, 15) is 4.39 Å². The van der Waals surface area contributed by atoms with Gasteiger partial charge in [0.1, 0.15) is 5.82 Å². The molecule has 1 aromatic heterocycles. The fraction of sp³-hybridized carbons (Fsp3) is 0.176. The minimum absolute atomic E-state index is 0.205. The van der Waals surface area contributed by atoms with Crippen LogP contribution in [0.15, 0.2) is 48.7 Å². The third-order valence-corrected chi connectivity index (χ3v) is 3.59. The van der Waals surface area contributed by atoms with E-state index in [0.29, 0.717) is 0 Å². The van der Waals surface area contributed by atoms with Crippen LogP contribution in [-0.4, -0.2) is 18.6 Å². The molecule has 0 aliphatic rings. The average molecular weight is 268 g/mol. The zero-order valence-electron chi connectivity index (χ0n) is 11.4. The van der Waals surface area contributed by atoms with Crippen LogP contribution in [-0.2, 0) is 6.42 Å². The lowest BCUT2D eigenvalue weighted by Gasteiger charge is -2.03. The predicted octanol–water partition coefficient (Wildman–Crippen LogP) is 3.74. The number of rotatable bonds is 4. The normalized spacial score (nSPS) is 11.1. The molecule has 0 aliphatic carbocycles. The fourth-order valence-electron chi connectivity index (χ4n) is 2.47. The molecular weight excluding hydrogens is 251 g/mol. The molecule has 2 N–H and O–H groups in total. The fourth-order valence-corrected chi connectivity index (χ4v) is 2.47. The minimum Gasteiger partial charge on any atom is -0.361 e. The number of benzene rings is 2. The Balaban J connectivity index is 1.97. The molecule has 0 spiro atoms. The summed E-state index contributed by atoms with van der Waals surface area (Å²) in [5.41, 5.74) is 4.57. The summed E-state index contributed by atoms with van der Waals surface area (Å²) in [4.78, 5) is 3.32. The van der Waals surface area contributed by atoms with Gasteiger partial charge in [0.25, 0.3) is 0 Å². The van der Waals surface area contributed by atoms with Crippen LogP contribution in [0, 0.1) is 5.82 Å². The Labute approximate surface area is 117 Å². The van der Waals surface area contributed by atoms with Gasteiger partial charge in [0.05, 0.1) is 0 Å². The van der Waals surface area contributed by atoms with Crippen LogP contribution in [0.1, 0.15) is 5.56 Å². The second-order valence-electron chi connectivity index (χ2n) is 4.93. The highest BCUT2D eigenvalue weighted by Crippen LogP contribution is 2.26. The standard InChI is InChI=1S/C17H17FN2/c1-19-9-8-14-11-20-17-10-13(4-7-16(14)17)12-2-5-15(18)6-3-12/h2-7,10-11,19-20H,8-9H2,1H3. The molecule has 0 saturated heterocycles. The van der Waals surface area contributed by atoms with E-state index < -0.39 is 0 Å². The Morgan fingerprint density at radius 2 is 1.80 bits per heavy atom. The highest BCUT2D eigenvalue weighted by molar-refractivity contribution is 5.87. The van der Waals surface area contributed by atoms with Crippen molar-refractivity contribution >= 4 is 10.9 Å². The van der Waals surface area contributed by atoms with E-state index >= 15 is 0 Å². The summed E-state index contributed by atoms with van der Waals surface area (Å²) in [7, 11) is 1.96. The lowest BCUT2D eigenvalue weighted by Crippen LogP contribution is -2.09. The lowest BCUT2D eigenvalue weighted by atomic mass is 10.0. The quantitative estimate of drug-likeness (QED) is 0.741. The summed E-state index contributed by atoms with van der Waals surface area (Å²) in [5.74, 6) is -0.205. The highest BCUT2D eigenvalue weighted by atomic mass is 19.1. The summed E-state index contributed by atoms with van der Waals surface area (Å²) in [6, 6.07) is 12.9. The first kappa shape index (κ1) is 12.9. The van der Waals surface area contributed by atoms with E-state index in [-0.39, 0.29) is 5.82 Å². The molecule has 0 bridgehead atoms. The van der Waals surface area contributed by atoms with Gasteiger partial charge in [-0.2, -0.15) is 0 Å². The Morgan fingerprint density at radius 1 is 1.05 bits per heavy atom. The van der Waals surface area contributed by atoms with Gasteiger partial charge in [0.15, 0.2) is 0 Å². The van der Waals surface area contributed by atoms with Crippen molar-refractivity contribution in [1.29, 1.82) is 0 Å². The Kier molecular flexibility index (Phi) is 3.52. The van der Waals surface area contributed by atoms with Crippen LogP contribution in [0.3, 0.4) is 0 Å². The molecular formula is C17H17FN2. The van der Waals surface area contributed by atoms with Crippen LogP contribution in [0.2, 0.25) is 0 Å². The summed E-state index contributed by atoms with van der Waals surface area (Å²) >= 11 is 0. The van der Waals surface area contributed by atoms with Gasteiger partial charge in [-0.15, -0.1) is 0 Å². The second-order valence-corrected chi connectivity index (χ2v) is 4.93. The number of aromatic nitrogens is 1. The van der Waals surface area contributed by atoms with Crippen LogP contribution in [0.4, 0.5) is 4.39 Å². The van der Waals surface area contributed by atoms with Crippen molar-refractivity contribution in [1.82, 2.24) is 10.3 Å². The number of H-pyrrole nitrogens is 1. The van der Waals surface area contributed by atoms with Crippen molar-refractivity contribution in [3.63, 3.8) is 0 Å². The first-order chi connectivity index (χ1) is 9.78. The van der Waals surface area contributed by atoms with Gasteiger partial charge in [-0.25, -0.2) is 4.39 Å². The predicted molar refractivity (Wildman–Crippen MR) is 81.3 cm³/mol. The van der Waals surface area contributed by atoms with Gasteiger partial charge in [-0.3, -0.25) is 0 Å². The number of hydrogen-bond acceptors (Lipinski definition) is 1. The molecule has 1 heterocycles. The lowest BCUT2D eigenvalue weighted by molar-refractivity contribution is 0.628. The van der Waals surface area contributed by atoms with Gasteiger partial charge in [0, 0.05) is 17.1 Å². The summed E-state index contributed by atoms with van der Waals surface area (Å²) in [6.45, 7) is 0.965. The molecule has 20 heavy (non-hydrogen) atoms. The van der Waals surface area contributed by atoms with Gasteiger partial charge < -0.3 is 10.3 Å². The van der Waals surface area contributed by atoms with E-state index in [1.165, 1.54) is 23.1 Å². The Morgan fingerprint density at radius 3 is 2.55 bits per heavy atom. The van der Waals surface area contributed by atoms with E-state index in [1.54, 1.807) is 12.1 Å². The van der Waals surface area contributed by atoms with Crippen molar-refractivity contribution in [2.24, 2.45) is 0 Å². The molecule has 2 nitrogen and oxygen atoms in total. The van der Waals surface area contributed by atoms with E-state index in [1.807, 2.05) is 7.05 Å². The average Bonchev–Trinajstić information content (AvgIpc) is 2.88. The van der Waals surface area contributed by atoms with E-state index in [0.717, 1.165) is 29.6 Å². The number of hydrogen-bond donors (Lipinski definition) is 2. The Hall–Kier alpha value is -2.13. The van der Waals surface area contributed by atoms with Gasteiger partial charge in [0.2, 0.25) is 0 Å². The van der Waals surface area contributed by atoms with Crippen molar-refractivity contribution in [3.8, 4) is 11.1 Å². The minimum atomic E-state index is -0.205. The topological polar surface area (TPSA) is 27.8 Å². The molecule has 3 rings (SSSR count). The third-order valence-electron chi connectivity index (χ3n) is 3.59. The summed E-state index contributed by atoms with van der Waals surface area (Å²) < 4.78 is 13.0. The summed E-state index contributed by atoms with van der Waals surface area (Å²) in [5, 5.41) is 4.42. The number of nitrogens with one attached hydrogen (secondary N) is 2. The molecule has 0 atom stereocenters. The maximum Gasteiger partial charge on any atom is 0.123 e. The molecule has 0 saturated carbocycles. The van der Waals surface area contributed by atoms with E-state index in [2.05, 4.69) is 34.7 Å². The maximum absolute atomic E-state index is 13.0. The Bertz CT molecular complexity index is 713. The smallest absolute Gasteiger partial charge is 0.123 e. The van der Waals surface area contributed by atoms with Gasteiger partial charge in [-0.05, 0) is 54.9 Å². The number of aromatic amines is 1. The van der Waals surface area contributed by atoms with Crippen LogP contribution < -0.4 is 5.32 Å². The third kappa shape index (κ3) is 2.45. The molecule has 102 valence electrons. The molecule has 2 aromatic carbocycles. The zero-order valence-corrected chi connectivity index (χ0v) is 11.4. The number of halogens is 1. The van der Waals surface area contributed by atoms with Crippen LogP contribution in [0.25, 0.3) is 22.0 Å². The van der Waals surface area contributed by atoms with Crippen LogP contribution in [0.5, 0.6) is 0 Å². The molecule has 0 aliphatic heterocycles. The van der Waals surface area contributed by atoms with Crippen LogP contribution >= 0.6 is 0 Å². The molecule has 0 amide bonds. The molecule has 0 fully saturated rings. The largest absolute Gasteiger partial charge is 0.361 e. The monoisotopic (exact) mass is 268 g/mol. The van der Waals surface area contributed by atoms with Crippen molar-refractivity contribution in [2.45, 2.75) is 6.42 Å². The van der Waals surface area contributed by atoms with Crippen molar-refractivity contribution < 1.29 is 4.39 Å².